The predicted molar refractivity (Wildman–Crippen MR) is 54.9 cm³/mol. The number of aryl methyl sites for hydroxylation is 1. The number of rotatable bonds is 1. The highest BCUT2D eigenvalue weighted by atomic mass is 35.5. The molecule has 2 heterocycles. The Hall–Kier alpha value is -1.22. The number of aromatic amines is 1. The van der Waals surface area contributed by atoms with Gasteiger partial charge in [-0.2, -0.15) is 0 Å². The van der Waals surface area contributed by atoms with Crippen LogP contribution in [0.25, 0.3) is 11.0 Å². The van der Waals surface area contributed by atoms with Gasteiger partial charge in [-0.3, -0.25) is 0 Å². The lowest BCUT2D eigenvalue weighted by Crippen LogP contribution is -1.85. The summed E-state index contributed by atoms with van der Waals surface area (Å²) in [5.74, 6) is 0. The van der Waals surface area contributed by atoms with Crippen molar-refractivity contribution in [3.05, 3.63) is 23.0 Å². The monoisotopic (exact) mass is 195 g/mol. The van der Waals surface area contributed by atoms with Crippen LogP contribution >= 0.6 is 11.6 Å². The maximum atomic E-state index is 5.83. The maximum absolute atomic E-state index is 5.83. The van der Waals surface area contributed by atoms with E-state index < -0.39 is 0 Å². The van der Waals surface area contributed by atoms with Gasteiger partial charge < -0.3 is 10.7 Å². The van der Waals surface area contributed by atoms with E-state index in [2.05, 4.69) is 16.9 Å². The lowest BCUT2D eigenvalue weighted by molar-refractivity contribution is 1.12. The van der Waals surface area contributed by atoms with Gasteiger partial charge in [-0.1, -0.05) is 18.5 Å². The fourth-order valence-electron chi connectivity index (χ4n) is 1.30. The van der Waals surface area contributed by atoms with Crippen LogP contribution in [0.4, 0.5) is 5.69 Å². The molecule has 0 unspecified atom stereocenters. The molecule has 0 amide bonds. The molecular weight excluding hydrogens is 186 g/mol. The minimum absolute atomic E-state index is 0.468. The van der Waals surface area contributed by atoms with E-state index in [4.69, 9.17) is 17.3 Å². The summed E-state index contributed by atoms with van der Waals surface area (Å²) in [6, 6.07) is 2.01. The molecule has 4 heteroatoms. The fraction of sp³-hybridized carbons (Fsp3) is 0.222. The molecule has 0 bridgehead atoms. The van der Waals surface area contributed by atoms with Crippen LogP contribution < -0.4 is 5.73 Å². The summed E-state index contributed by atoms with van der Waals surface area (Å²) in [7, 11) is 0. The van der Waals surface area contributed by atoms with E-state index in [0.29, 0.717) is 10.8 Å². The summed E-state index contributed by atoms with van der Waals surface area (Å²) in [5, 5.41) is 1.38. The molecule has 2 aromatic heterocycles. The van der Waals surface area contributed by atoms with Crippen molar-refractivity contribution < 1.29 is 0 Å². The molecule has 0 aliphatic rings. The summed E-state index contributed by atoms with van der Waals surface area (Å²) < 4.78 is 0. The van der Waals surface area contributed by atoms with E-state index in [1.807, 2.05) is 12.3 Å². The Morgan fingerprint density at radius 2 is 2.38 bits per heavy atom. The van der Waals surface area contributed by atoms with Gasteiger partial charge in [0, 0.05) is 11.6 Å². The number of hydrogen-bond donors (Lipinski definition) is 2. The van der Waals surface area contributed by atoms with Crippen LogP contribution in [0.1, 0.15) is 12.5 Å². The molecule has 3 N–H and O–H groups in total. The van der Waals surface area contributed by atoms with Crippen molar-refractivity contribution in [3.63, 3.8) is 0 Å². The highest BCUT2D eigenvalue weighted by molar-refractivity contribution is 6.34. The number of aromatic nitrogens is 2. The molecule has 0 saturated carbocycles. The van der Waals surface area contributed by atoms with Crippen LogP contribution in [-0.4, -0.2) is 9.97 Å². The average Bonchev–Trinajstić information content (AvgIpc) is 2.43. The summed E-state index contributed by atoms with van der Waals surface area (Å²) in [6.45, 7) is 2.08. The zero-order valence-electron chi connectivity index (χ0n) is 7.26. The number of nitrogens with one attached hydrogen (secondary N) is 1. The molecule has 13 heavy (non-hydrogen) atoms. The summed E-state index contributed by atoms with van der Waals surface area (Å²) in [6.07, 6.45) is 2.78. The summed E-state index contributed by atoms with van der Waals surface area (Å²) in [4.78, 5) is 7.12. The van der Waals surface area contributed by atoms with E-state index in [9.17, 15) is 0 Å². The number of fused-ring (bicyclic) bond motifs is 1. The smallest absolute Gasteiger partial charge is 0.140 e. The highest BCUT2D eigenvalue weighted by Crippen LogP contribution is 2.27. The van der Waals surface area contributed by atoms with Crippen molar-refractivity contribution >= 4 is 28.3 Å². The highest BCUT2D eigenvalue weighted by Gasteiger charge is 2.07. The van der Waals surface area contributed by atoms with Crippen molar-refractivity contribution in [3.8, 4) is 0 Å². The zero-order chi connectivity index (χ0) is 9.42. The van der Waals surface area contributed by atoms with Gasteiger partial charge in [0.05, 0.1) is 5.69 Å². The molecule has 3 nitrogen and oxygen atoms in total. The van der Waals surface area contributed by atoms with E-state index in [0.717, 1.165) is 23.0 Å². The minimum Gasteiger partial charge on any atom is -0.396 e. The first-order chi connectivity index (χ1) is 6.22. The minimum atomic E-state index is 0.468. The Bertz CT molecular complexity index is 447. The van der Waals surface area contributed by atoms with E-state index >= 15 is 0 Å². The van der Waals surface area contributed by atoms with E-state index in [1.54, 1.807) is 0 Å². The van der Waals surface area contributed by atoms with Gasteiger partial charge >= 0.3 is 0 Å². The Kier molecular flexibility index (Phi) is 1.88. The Morgan fingerprint density at radius 1 is 1.62 bits per heavy atom. The molecule has 0 aliphatic carbocycles. The fourth-order valence-corrected chi connectivity index (χ4v) is 1.49. The molecule has 0 radical (unpaired) electrons. The van der Waals surface area contributed by atoms with Crippen LogP contribution in [0.3, 0.4) is 0 Å². The maximum Gasteiger partial charge on any atom is 0.140 e. The van der Waals surface area contributed by atoms with Gasteiger partial charge in [0.15, 0.2) is 0 Å². The lowest BCUT2D eigenvalue weighted by atomic mass is 10.2. The second-order valence-corrected chi connectivity index (χ2v) is 3.32. The van der Waals surface area contributed by atoms with E-state index in [1.165, 1.54) is 0 Å². The predicted octanol–water partition coefficient (Wildman–Crippen LogP) is 2.36. The van der Waals surface area contributed by atoms with Crippen LogP contribution in [0.5, 0.6) is 0 Å². The first-order valence-electron chi connectivity index (χ1n) is 4.14. The van der Waals surface area contributed by atoms with Gasteiger partial charge in [-0.25, -0.2) is 4.98 Å². The number of nitrogen functional groups attached to an aromatic ring is 1. The number of H-pyrrole nitrogens is 1. The molecule has 68 valence electrons. The standard InChI is InChI=1S/C9H10ClN3/c1-2-5-3-6-7(11)8(10)13-9(6)12-4-5/h3-4H,2,11H2,1H3,(H,12,13). The Balaban J connectivity index is 2.75. The first-order valence-corrected chi connectivity index (χ1v) is 4.51. The number of anilines is 1. The van der Waals surface area contributed by atoms with Crippen molar-refractivity contribution in [2.75, 3.05) is 5.73 Å². The van der Waals surface area contributed by atoms with Gasteiger partial charge in [-0.15, -0.1) is 0 Å². The molecule has 0 fully saturated rings. The molecule has 0 aliphatic heterocycles. The van der Waals surface area contributed by atoms with Gasteiger partial charge in [0.1, 0.15) is 10.8 Å². The molecule has 0 atom stereocenters. The van der Waals surface area contributed by atoms with Crippen LogP contribution in [0.15, 0.2) is 12.3 Å². The Labute approximate surface area is 80.9 Å². The van der Waals surface area contributed by atoms with Gasteiger partial charge in [0.25, 0.3) is 0 Å². The van der Waals surface area contributed by atoms with Crippen molar-refractivity contribution in [1.82, 2.24) is 9.97 Å². The largest absolute Gasteiger partial charge is 0.396 e. The average molecular weight is 196 g/mol. The summed E-state index contributed by atoms with van der Waals surface area (Å²) >= 11 is 5.83. The second-order valence-electron chi connectivity index (χ2n) is 2.95. The van der Waals surface area contributed by atoms with Crippen LogP contribution in [0, 0.1) is 0 Å². The quantitative estimate of drug-likeness (QED) is 0.734. The second kappa shape index (κ2) is 2.92. The van der Waals surface area contributed by atoms with Crippen LogP contribution in [-0.2, 0) is 6.42 Å². The molecule has 2 aromatic rings. The molecule has 0 aromatic carbocycles. The van der Waals surface area contributed by atoms with Crippen molar-refractivity contribution in [1.29, 1.82) is 0 Å². The molecular formula is C9H10ClN3. The first kappa shape index (κ1) is 8.38. The third kappa shape index (κ3) is 1.25. The number of pyridine rings is 1. The number of nitrogens with zero attached hydrogens (tertiary/aromatic N) is 1. The lowest BCUT2D eigenvalue weighted by Gasteiger charge is -1.95. The van der Waals surface area contributed by atoms with E-state index in [-0.39, 0.29) is 0 Å². The van der Waals surface area contributed by atoms with Gasteiger partial charge in [0.2, 0.25) is 0 Å². The van der Waals surface area contributed by atoms with Crippen molar-refractivity contribution in [2.24, 2.45) is 0 Å². The molecule has 2 rings (SSSR count). The SMILES string of the molecule is CCc1cnc2[nH]c(Cl)c(N)c2c1. The zero-order valence-corrected chi connectivity index (χ0v) is 8.02. The number of halogens is 1. The third-order valence-corrected chi connectivity index (χ3v) is 2.41. The van der Waals surface area contributed by atoms with Gasteiger partial charge in [-0.05, 0) is 18.1 Å². The topological polar surface area (TPSA) is 54.7 Å². The molecule has 0 spiro atoms. The normalized spacial score (nSPS) is 10.9. The van der Waals surface area contributed by atoms with Crippen molar-refractivity contribution in [2.45, 2.75) is 13.3 Å². The number of nitrogens with two attached hydrogens (primary N) is 1. The third-order valence-electron chi connectivity index (χ3n) is 2.11. The summed E-state index contributed by atoms with van der Waals surface area (Å²) in [5.41, 5.74) is 8.25. The molecule has 0 saturated heterocycles. The van der Waals surface area contributed by atoms with Crippen LogP contribution in [0.2, 0.25) is 5.15 Å². The number of hydrogen-bond acceptors (Lipinski definition) is 2. The Morgan fingerprint density at radius 3 is 3.08 bits per heavy atom.